The van der Waals surface area contributed by atoms with Crippen molar-refractivity contribution in [3.63, 3.8) is 0 Å². The molecule has 1 atom stereocenters. The Morgan fingerprint density at radius 1 is 0.933 bits per heavy atom. The molecule has 0 aromatic rings. The molecule has 1 rings (SSSR count). The van der Waals surface area contributed by atoms with Gasteiger partial charge >= 0.3 is 0 Å². The van der Waals surface area contributed by atoms with E-state index in [0.29, 0.717) is 0 Å². The van der Waals surface area contributed by atoms with E-state index in [2.05, 4.69) is 17.8 Å². The van der Waals surface area contributed by atoms with Crippen molar-refractivity contribution in [1.82, 2.24) is 0 Å². The maximum atomic E-state index is 8.91. The number of hydrogen-bond donors (Lipinski definition) is 2. The third-order valence-electron chi connectivity index (χ3n) is 3.17. The van der Waals surface area contributed by atoms with Gasteiger partial charge < -0.3 is 5.21 Å². The first-order valence-electron chi connectivity index (χ1n) is 6.23. The van der Waals surface area contributed by atoms with Crippen LogP contribution in [0.1, 0.15) is 64.2 Å². The zero-order valence-electron chi connectivity index (χ0n) is 9.49. The summed E-state index contributed by atoms with van der Waals surface area (Å²) in [5.74, 6) is 0. The molecule has 3 heteroatoms. The normalized spacial score (nSPS) is 29.4. The first-order valence-corrected chi connectivity index (χ1v) is 6.75. The van der Waals surface area contributed by atoms with Gasteiger partial charge in [-0.25, -0.2) is 0 Å². The molecule has 0 aliphatic heterocycles. The highest BCUT2D eigenvalue weighted by molar-refractivity contribution is 7.81. The molecular formula is C12H23NOS. The Labute approximate surface area is 98.5 Å². The second kappa shape index (κ2) is 8.03. The van der Waals surface area contributed by atoms with Crippen LogP contribution in [0.2, 0.25) is 0 Å². The Bertz CT molecular complexity index is 194. The Morgan fingerprint density at radius 3 is 2.07 bits per heavy atom. The molecule has 0 amide bonds. The van der Waals surface area contributed by atoms with Crippen LogP contribution >= 0.6 is 12.6 Å². The highest BCUT2D eigenvalue weighted by Crippen LogP contribution is 2.18. The summed E-state index contributed by atoms with van der Waals surface area (Å²) >= 11 is 4.51. The summed E-state index contributed by atoms with van der Waals surface area (Å²) in [4.78, 5) is 0. The Morgan fingerprint density at radius 2 is 1.47 bits per heavy atom. The molecule has 0 saturated heterocycles. The lowest BCUT2D eigenvalue weighted by Gasteiger charge is -2.13. The SMILES string of the molecule is ON=C1CCCCCCCCCCC1S. The first kappa shape index (κ1) is 12.9. The number of hydrogen-bond acceptors (Lipinski definition) is 3. The zero-order valence-corrected chi connectivity index (χ0v) is 10.4. The first-order chi connectivity index (χ1) is 7.34. The van der Waals surface area contributed by atoms with Crippen LogP contribution in [0, 0.1) is 0 Å². The van der Waals surface area contributed by atoms with E-state index in [-0.39, 0.29) is 5.25 Å². The number of thiol groups is 1. The van der Waals surface area contributed by atoms with Gasteiger partial charge in [0.2, 0.25) is 0 Å². The van der Waals surface area contributed by atoms with Gasteiger partial charge in [0.15, 0.2) is 0 Å². The zero-order chi connectivity index (χ0) is 10.9. The highest BCUT2D eigenvalue weighted by atomic mass is 32.1. The van der Waals surface area contributed by atoms with Gasteiger partial charge in [-0.2, -0.15) is 12.6 Å². The van der Waals surface area contributed by atoms with Crippen LogP contribution in [-0.4, -0.2) is 16.2 Å². The summed E-state index contributed by atoms with van der Waals surface area (Å²) in [5, 5.41) is 12.5. The van der Waals surface area contributed by atoms with Crippen LogP contribution in [0.3, 0.4) is 0 Å². The average molecular weight is 229 g/mol. The number of rotatable bonds is 0. The van der Waals surface area contributed by atoms with Crippen molar-refractivity contribution in [2.24, 2.45) is 5.16 Å². The van der Waals surface area contributed by atoms with Gasteiger partial charge in [0.1, 0.15) is 0 Å². The van der Waals surface area contributed by atoms with Crippen molar-refractivity contribution in [3.05, 3.63) is 0 Å². The van der Waals surface area contributed by atoms with Gasteiger partial charge in [0, 0.05) is 5.25 Å². The number of nitrogens with zero attached hydrogens (tertiary/aromatic N) is 1. The molecular weight excluding hydrogens is 206 g/mol. The van der Waals surface area contributed by atoms with Crippen molar-refractivity contribution in [1.29, 1.82) is 0 Å². The number of oxime groups is 1. The van der Waals surface area contributed by atoms with Crippen LogP contribution in [-0.2, 0) is 0 Å². The van der Waals surface area contributed by atoms with E-state index in [9.17, 15) is 0 Å². The minimum atomic E-state index is 0.175. The molecule has 0 aromatic carbocycles. The summed E-state index contributed by atoms with van der Waals surface area (Å²) in [6.07, 6.45) is 12.3. The fourth-order valence-electron chi connectivity index (χ4n) is 2.15. The molecule has 1 saturated carbocycles. The fourth-order valence-corrected chi connectivity index (χ4v) is 2.52. The van der Waals surface area contributed by atoms with E-state index < -0.39 is 0 Å². The van der Waals surface area contributed by atoms with E-state index in [1.165, 1.54) is 44.9 Å². The van der Waals surface area contributed by atoms with Crippen LogP contribution in [0.25, 0.3) is 0 Å². The minimum absolute atomic E-state index is 0.175. The Kier molecular flexibility index (Phi) is 6.90. The van der Waals surface area contributed by atoms with E-state index >= 15 is 0 Å². The van der Waals surface area contributed by atoms with Crippen molar-refractivity contribution in [2.45, 2.75) is 69.5 Å². The van der Waals surface area contributed by atoms with Crippen LogP contribution in [0.4, 0.5) is 0 Å². The Hall–Kier alpha value is -0.180. The molecule has 0 heterocycles. The quantitative estimate of drug-likeness (QED) is 0.367. The lowest BCUT2D eigenvalue weighted by atomic mass is 10.00. The fraction of sp³-hybridized carbons (Fsp3) is 0.917. The standard InChI is InChI=1S/C12H23NOS/c14-13-11-9-7-5-3-1-2-4-6-8-10-12(11)15/h12,14-15H,1-10H2. The average Bonchev–Trinajstić information content (AvgIpc) is 2.23. The summed E-state index contributed by atoms with van der Waals surface area (Å²) < 4.78 is 0. The molecule has 2 nitrogen and oxygen atoms in total. The molecule has 0 aromatic heterocycles. The van der Waals surface area contributed by atoms with Crippen molar-refractivity contribution < 1.29 is 5.21 Å². The second-order valence-electron chi connectivity index (χ2n) is 4.47. The Balaban J connectivity index is 2.38. The predicted molar refractivity (Wildman–Crippen MR) is 68.2 cm³/mol. The lowest BCUT2D eigenvalue weighted by molar-refractivity contribution is 0.315. The summed E-state index contributed by atoms with van der Waals surface area (Å²) in [6, 6.07) is 0. The highest BCUT2D eigenvalue weighted by Gasteiger charge is 2.12. The molecule has 0 spiro atoms. The smallest absolute Gasteiger partial charge is 0.0697 e. The topological polar surface area (TPSA) is 32.6 Å². The second-order valence-corrected chi connectivity index (χ2v) is 5.10. The molecule has 1 fully saturated rings. The lowest BCUT2D eigenvalue weighted by Crippen LogP contribution is -2.15. The van der Waals surface area contributed by atoms with Crippen molar-refractivity contribution in [2.75, 3.05) is 0 Å². The van der Waals surface area contributed by atoms with Gasteiger partial charge in [-0.15, -0.1) is 0 Å². The minimum Gasteiger partial charge on any atom is -0.411 e. The van der Waals surface area contributed by atoms with E-state index in [1.54, 1.807) is 0 Å². The molecule has 88 valence electrons. The largest absolute Gasteiger partial charge is 0.411 e. The van der Waals surface area contributed by atoms with Gasteiger partial charge in [-0.05, 0) is 19.3 Å². The van der Waals surface area contributed by atoms with Gasteiger partial charge in [-0.1, -0.05) is 50.1 Å². The molecule has 0 radical (unpaired) electrons. The van der Waals surface area contributed by atoms with Crippen LogP contribution in [0.15, 0.2) is 5.16 Å². The van der Waals surface area contributed by atoms with Gasteiger partial charge in [0.05, 0.1) is 5.71 Å². The molecule has 1 N–H and O–H groups in total. The predicted octanol–water partition coefficient (Wildman–Crippen LogP) is 4.03. The third-order valence-corrected chi connectivity index (χ3v) is 3.73. The van der Waals surface area contributed by atoms with Crippen LogP contribution < -0.4 is 0 Å². The van der Waals surface area contributed by atoms with E-state index in [4.69, 9.17) is 5.21 Å². The summed E-state index contributed by atoms with van der Waals surface area (Å²) in [7, 11) is 0. The molecule has 15 heavy (non-hydrogen) atoms. The molecule has 1 aliphatic rings. The van der Waals surface area contributed by atoms with Crippen molar-refractivity contribution in [3.8, 4) is 0 Å². The van der Waals surface area contributed by atoms with E-state index in [0.717, 1.165) is 25.0 Å². The third kappa shape index (κ3) is 5.45. The monoisotopic (exact) mass is 229 g/mol. The maximum Gasteiger partial charge on any atom is 0.0697 e. The summed E-state index contributed by atoms with van der Waals surface area (Å²) in [5.41, 5.74) is 0.888. The molecule has 0 bridgehead atoms. The van der Waals surface area contributed by atoms with E-state index in [1.807, 2.05) is 0 Å². The van der Waals surface area contributed by atoms with Gasteiger partial charge in [-0.3, -0.25) is 0 Å². The summed E-state index contributed by atoms with van der Waals surface area (Å²) in [6.45, 7) is 0. The maximum absolute atomic E-state index is 8.91. The molecule has 1 unspecified atom stereocenters. The van der Waals surface area contributed by atoms with Gasteiger partial charge in [0.25, 0.3) is 0 Å². The van der Waals surface area contributed by atoms with Crippen molar-refractivity contribution >= 4 is 18.3 Å². The molecule has 1 aliphatic carbocycles. The van der Waals surface area contributed by atoms with Crippen LogP contribution in [0.5, 0.6) is 0 Å².